The second-order valence-electron chi connectivity index (χ2n) is 7.78. The van der Waals surface area contributed by atoms with Gasteiger partial charge in [0.15, 0.2) is 11.5 Å². The Balaban J connectivity index is 1.89. The molecular formula is C24H22ClN3O5S. The lowest BCUT2D eigenvalue weighted by Gasteiger charge is -2.27. The Bertz CT molecular complexity index is 1410. The average molecular weight is 500 g/mol. The van der Waals surface area contributed by atoms with Crippen molar-refractivity contribution in [3.63, 3.8) is 0 Å². The van der Waals surface area contributed by atoms with Gasteiger partial charge < -0.3 is 14.7 Å². The Hall–Kier alpha value is -3.56. The van der Waals surface area contributed by atoms with E-state index in [1.165, 1.54) is 17.0 Å². The van der Waals surface area contributed by atoms with E-state index in [0.29, 0.717) is 21.9 Å². The lowest BCUT2D eigenvalue weighted by atomic mass is 9.81. The first kappa shape index (κ1) is 23.6. The molecule has 34 heavy (non-hydrogen) atoms. The maximum atomic E-state index is 13.5. The Morgan fingerprint density at radius 2 is 1.74 bits per heavy atom. The molecule has 4 rings (SSSR count). The highest BCUT2D eigenvalue weighted by Crippen LogP contribution is 2.42. The van der Waals surface area contributed by atoms with Crippen LogP contribution in [0.3, 0.4) is 0 Å². The highest BCUT2D eigenvalue weighted by atomic mass is 35.5. The maximum absolute atomic E-state index is 13.5. The van der Waals surface area contributed by atoms with Gasteiger partial charge in [-0.05, 0) is 53.1 Å². The van der Waals surface area contributed by atoms with Crippen molar-refractivity contribution >= 4 is 33.6 Å². The van der Waals surface area contributed by atoms with Crippen LogP contribution >= 0.6 is 11.6 Å². The molecule has 1 aliphatic rings. The van der Waals surface area contributed by atoms with Crippen LogP contribution in [0.4, 0.5) is 0 Å². The highest BCUT2D eigenvalue weighted by Gasteiger charge is 2.49. The number of benzene rings is 3. The fraction of sp³-hybridized carbons (Fsp3) is 0.167. The van der Waals surface area contributed by atoms with Crippen molar-refractivity contribution in [1.29, 1.82) is 0 Å². The van der Waals surface area contributed by atoms with Crippen LogP contribution in [0.15, 0.2) is 71.7 Å². The van der Waals surface area contributed by atoms with Crippen LogP contribution in [0.1, 0.15) is 11.1 Å². The number of rotatable bonds is 6. The van der Waals surface area contributed by atoms with E-state index >= 15 is 0 Å². The maximum Gasteiger partial charge on any atom is 0.306 e. The number of hydrogen-bond donors (Lipinski definition) is 1. The van der Waals surface area contributed by atoms with Crippen LogP contribution < -0.4 is 14.7 Å². The number of aliphatic imine (C=N–C) groups is 1. The number of carbonyl (C=O) groups is 1. The number of halogens is 1. The summed E-state index contributed by atoms with van der Waals surface area (Å²) < 4.78 is 33.4. The topological polar surface area (TPSA) is 111 Å². The zero-order valence-corrected chi connectivity index (χ0v) is 20.2. The molecule has 0 aromatic heterocycles. The monoisotopic (exact) mass is 499 g/mol. The molecular weight excluding hydrogens is 478 g/mol. The molecule has 0 bridgehead atoms. The van der Waals surface area contributed by atoms with Crippen molar-refractivity contribution in [2.45, 2.75) is 5.54 Å². The van der Waals surface area contributed by atoms with Crippen LogP contribution in [0.2, 0.25) is 5.02 Å². The van der Waals surface area contributed by atoms with Crippen LogP contribution in [0.25, 0.3) is 11.1 Å². The number of ether oxygens (including phenoxy) is 1. The van der Waals surface area contributed by atoms with Gasteiger partial charge in [-0.15, -0.1) is 0 Å². The van der Waals surface area contributed by atoms with Crippen molar-refractivity contribution < 1.29 is 22.1 Å². The normalized spacial score (nSPS) is 18.1. The first-order valence-electron chi connectivity index (χ1n) is 10.1. The summed E-state index contributed by atoms with van der Waals surface area (Å²) in [5.41, 5.74) is 7.18. The number of hydrogen-bond acceptors (Lipinski definition) is 7. The van der Waals surface area contributed by atoms with E-state index in [9.17, 15) is 13.2 Å². The lowest BCUT2D eigenvalue weighted by molar-refractivity contribution is -0.129. The minimum absolute atomic E-state index is 0.0622. The Kier molecular flexibility index (Phi) is 6.01. The van der Waals surface area contributed by atoms with Gasteiger partial charge in [0.2, 0.25) is 0 Å². The van der Waals surface area contributed by atoms with Gasteiger partial charge in [-0.1, -0.05) is 41.9 Å². The van der Waals surface area contributed by atoms with Crippen molar-refractivity contribution in [1.82, 2.24) is 4.90 Å². The highest BCUT2D eigenvalue weighted by molar-refractivity contribution is 7.86. The Morgan fingerprint density at radius 1 is 1.03 bits per heavy atom. The third-order valence-corrected chi connectivity index (χ3v) is 6.24. The average Bonchev–Trinajstić information content (AvgIpc) is 3.03. The molecule has 8 nitrogen and oxygen atoms in total. The molecule has 2 N–H and O–H groups in total. The standard InChI is InChI=1S/C24H22ClN3O5S/c1-28-22(29)24(27-23(28)26,16-7-10-19(11-8-16)33-34(3,30)31)17-6-4-5-15(13-17)20-14-18(25)9-12-21(20)32-2/h4-14H,1-3H3,(H2,26,27). The second kappa shape index (κ2) is 8.66. The summed E-state index contributed by atoms with van der Waals surface area (Å²) in [6, 6.07) is 18.7. The molecule has 0 radical (unpaired) electrons. The van der Waals surface area contributed by atoms with Crippen molar-refractivity contribution in [2.75, 3.05) is 20.4 Å². The number of likely N-dealkylation sites (N-methyl/N-ethyl adjacent to an activating group) is 1. The third-order valence-electron chi connectivity index (χ3n) is 5.51. The molecule has 1 atom stereocenters. The van der Waals surface area contributed by atoms with E-state index in [0.717, 1.165) is 17.4 Å². The molecule has 3 aromatic rings. The first-order valence-corrected chi connectivity index (χ1v) is 12.3. The molecule has 1 unspecified atom stereocenters. The number of nitrogens with zero attached hydrogens (tertiary/aromatic N) is 2. The molecule has 1 heterocycles. The molecule has 1 amide bonds. The molecule has 0 saturated heterocycles. The second-order valence-corrected chi connectivity index (χ2v) is 9.79. The quantitative estimate of drug-likeness (QED) is 0.520. The van der Waals surface area contributed by atoms with Gasteiger partial charge in [0.25, 0.3) is 5.91 Å². The van der Waals surface area contributed by atoms with Crippen LogP contribution in [0, 0.1) is 0 Å². The van der Waals surface area contributed by atoms with Gasteiger partial charge >= 0.3 is 10.1 Å². The van der Waals surface area contributed by atoms with Gasteiger partial charge in [-0.3, -0.25) is 9.69 Å². The fourth-order valence-electron chi connectivity index (χ4n) is 3.93. The minimum atomic E-state index is -3.70. The summed E-state index contributed by atoms with van der Waals surface area (Å²) in [6.45, 7) is 0. The number of carbonyl (C=O) groups excluding carboxylic acids is 1. The van der Waals surface area contributed by atoms with E-state index < -0.39 is 15.7 Å². The zero-order valence-electron chi connectivity index (χ0n) is 18.7. The predicted molar refractivity (Wildman–Crippen MR) is 131 cm³/mol. The van der Waals surface area contributed by atoms with Crippen LogP contribution in [-0.2, 0) is 20.5 Å². The van der Waals surface area contributed by atoms with Crippen LogP contribution in [-0.4, -0.2) is 45.6 Å². The number of methoxy groups -OCH3 is 1. The molecule has 3 aromatic carbocycles. The van der Waals surface area contributed by atoms with Gasteiger partial charge in [-0.2, -0.15) is 8.42 Å². The smallest absolute Gasteiger partial charge is 0.306 e. The SMILES string of the molecule is COc1ccc(Cl)cc1-c1cccc(C2(c3ccc(OS(C)(=O)=O)cc3)N=C(N)N(C)C2=O)c1. The lowest BCUT2D eigenvalue weighted by Crippen LogP contribution is -2.41. The minimum Gasteiger partial charge on any atom is -0.496 e. The van der Waals surface area contributed by atoms with E-state index in [-0.39, 0.29) is 17.6 Å². The molecule has 0 saturated carbocycles. The summed E-state index contributed by atoms with van der Waals surface area (Å²) in [4.78, 5) is 19.4. The van der Waals surface area contributed by atoms with Gasteiger partial charge in [0.1, 0.15) is 11.5 Å². The molecule has 1 aliphatic heterocycles. The molecule has 0 spiro atoms. The summed E-state index contributed by atoms with van der Waals surface area (Å²) in [5, 5.41) is 0.538. The summed E-state index contributed by atoms with van der Waals surface area (Å²) in [5.74, 6) is 0.453. The Morgan fingerprint density at radius 3 is 2.32 bits per heavy atom. The summed E-state index contributed by atoms with van der Waals surface area (Å²) in [6.07, 6.45) is 0.957. The zero-order chi connectivity index (χ0) is 24.7. The van der Waals surface area contributed by atoms with E-state index in [2.05, 4.69) is 4.99 Å². The van der Waals surface area contributed by atoms with Gasteiger partial charge in [-0.25, -0.2) is 4.99 Å². The molecule has 10 heteroatoms. The number of nitrogens with two attached hydrogens (primary N) is 1. The number of amides is 1. The van der Waals surface area contributed by atoms with E-state index in [4.69, 9.17) is 26.3 Å². The van der Waals surface area contributed by atoms with Crippen molar-refractivity contribution in [3.8, 4) is 22.6 Å². The summed E-state index contributed by atoms with van der Waals surface area (Å²) in [7, 11) is -0.579. The van der Waals surface area contributed by atoms with Crippen LogP contribution in [0.5, 0.6) is 11.5 Å². The predicted octanol–water partition coefficient (Wildman–Crippen LogP) is 3.38. The fourth-order valence-corrected chi connectivity index (χ4v) is 4.56. The van der Waals surface area contributed by atoms with Crippen molar-refractivity contribution in [2.24, 2.45) is 10.7 Å². The first-order chi connectivity index (χ1) is 16.0. The van der Waals surface area contributed by atoms with Crippen molar-refractivity contribution in [3.05, 3.63) is 82.9 Å². The molecule has 0 fully saturated rings. The summed E-state index contributed by atoms with van der Waals surface area (Å²) >= 11 is 6.23. The molecule has 176 valence electrons. The molecule has 0 aliphatic carbocycles. The van der Waals surface area contributed by atoms with Gasteiger partial charge in [0.05, 0.1) is 13.4 Å². The van der Waals surface area contributed by atoms with Gasteiger partial charge in [0, 0.05) is 17.6 Å². The van der Waals surface area contributed by atoms with E-state index in [1.54, 1.807) is 50.6 Å². The van der Waals surface area contributed by atoms with E-state index in [1.807, 2.05) is 18.2 Å². The third kappa shape index (κ3) is 4.20. The Labute approximate surface area is 202 Å². The number of guanidine groups is 1. The largest absolute Gasteiger partial charge is 0.496 e.